The number of ether oxygens (including phenoxy) is 1. The summed E-state index contributed by atoms with van der Waals surface area (Å²) in [5, 5.41) is 24.5. The molecule has 0 aliphatic carbocycles. The minimum atomic E-state index is -1.79. The van der Waals surface area contributed by atoms with E-state index in [9.17, 15) is 24.6 Å². The third-order valence-electron chi connectivity index (χ3n) is 10.7. The number of morpholine rings is 1. The fourth-order valence-corrected chi connectivity index (χ4v) is 8.53. The lowest BCUT2D eigenvalue weighted by Gasteiger charge is -2.46. The number of carbonyl (C=O) groups is 3. The molecule has 6 atom stereocenters. The van der Waals surface area contributed by atoms with Crippen LogP contribution in [-0.2, 0) is 31.1 Å². The van der Waals surface area contributed by atoms with Crippen molar-refractivity contribution in [2.45, 2.75) is 36.2 Å². The highest BCUT2D eigenvalue weighted by atomic mass is 16.6. The Morgan fingerprint density at radius 3 is 2.13 bits per heavy atom. The van der Waals surface area contributed by atoms with E-state index >= 15 is 0 Å². The number of aliphatic carboxylic acids is 1. The summed E-state index contributed by atoms with van der Waals surface area (Å²) in [4.78, 5) is 46.9. The smallest absolute Gasteiger partial charge is 0.325 e. The molecule has 0 radical (unpaired) electrons. The maximum absolute atomic E-state index is 14.8. The van der Waals surface area contributed by atoms with Crippen LogP contribution in [0.5, 0.6) is 5.75 Å². The van der Waals surface area contributed by atoms with Gasteiger partial charge in [-0.05, 0) is 65.2 Å². The number of carboxylic acid groups (broad SMARTS) is 1. The summed E-state index contributed by atoms with van der Waals surface area (Å²) < 4.78 is 6.26. The number of nitrogens with zero attached hydrogens (tertiary/aromatic N) is 2. The van der Waals surface area contributed by atoms with E-state index in [2.05, 4.69) is 34.2 Å². The number of benzene rings is 5. The van der Waals surface area contributed by atoms with Gasteiger partial charge in [-0.1, -0.05) is 115 Å². The Morgan fingerprint density at radius 2 is 1.47 bits per heavy atom. The maximum Gasteiger partial charge on any atom is 0.325 e. The van der Waals surface area contributed by atoms with Crippen LogP contribution in [0.1, 0.15) is 51.6 Å². The van der Waals surface area contributed by atoms with Crippen LogP contribution in [0, 0.1) is 17.8 Å². The van der Waals surface area contributed by atoms with E-state index in [-0.39, 0.29) is 5.75 Å². The van der Waals surface area contributed by atoms with E-state index in [0.717, 1.165) is 17.7 Å². The van der Waals surface area contributed by atoms with E-state index in [0.29, 0.717) is 28.9 Å². The van der Waals surface area contributed by atoms with Crippen LogP contribution in [0.3, 0.4) is 0 Å². The van der Waals surface area contributed by atoms with Gasteiger partial charge in [0.05, 0.1) is 18.6 Å². The molecule has 9 heteroatoms. The second kappa shape index (κ2) is 13.7. The summed E-state index contributed by atoms with van der Waals surface area (Å²) in [6, 6.07) is 37.8. The fraction of sp³-hybridized carbons (Fsp3) is 0.205. The molecule has 0 aromatic heterocycles. The Balaban J connectivity index is 1.30. The Labute approximate surface area is 307 Å². The number of carboxylic acids is 1. The zero-order valence-electron chi connectivity index (χ0n) is 28.9. The first-order chi connectivity index (χ1) is 25.8. The number of hydrogen-bond donors (Lipinski definition) is 3. The van der Waals surface area contributed by atoms with Gasteiger partial charge in [-0.2, -0.15) is 0 Å². The lowest BCUT2D eigenvalue weighted by Crippen LogP contribution is -2.52. The summed E-state index contributed by atoms with van der Waals surface area (Å²) >= 11 is 0. The third kappa shape index (κ3) is 5.82. The molecule has 3 N–H and O–H groups in total. The average molecular weight is 704 g/mol. The molecule has 53 heavy (non-hydrogen) atoms. The van der Waals surface area contributed by atoms with Crippen molar-refractivity contribution >= 4 is 23.5 Å². The van der Waals surface area contributed by atoms with E-state index in [1.165, 1.54) is 17.7 Å². The van der Waals surface area contributed by atoms with Gasteiger partial charge in [-0.3, -0.25) is 24.2 Å². The first-order valence-corrected chi connectivity index (χ1v) is 17.5. The van der Waals surface area contributed by atoms with Crippen LogP contribution in [0.2, 0.25) is 0 Å². The molecule has 2 fully saturated rings. The van der Waals surface area contributed by atoms with Crippen molar-refractivity contribution in [1.82, 2.24) is 9.80 Å². The lowest BCUT2D eigenvalue weighted by atomic mass is 9.65. The quantitative estimate of drug-likeness (QED) is 0.135. The minimum absolute atomic E-state index is 0.0121. The molecule has 1 amide bonds. The monoisotopic (exact) mass is 703 g/mol. The van der Waals surface area contributed by atoms with E-state index < -0.39 is 53.4 Å². The number of cyclic esters (lactones) is 1. The minimum Gasteiger partial charge on any atom is -0.508 e. The topological polar surface area (TPSA) is 119 Å². The van der Waals surface area contributed by atoms with Crippen molar-refractivity contribution in [3.05, 3.63) is 167 Å². The first-order valence-electron chi connectivity index (χ1n) is 17.5. The van der Waals surface area contributed by atoms with Crippen LogP contribution in [-0.4, -0.2) is 57.5 Å². The number of phenolic OH excluding ortho intramolecular Hbond substituents is 1. The number of hydrogen-bond acceptors (Lipinski definition) is 7. The van der Waals surface area contributed by atoms with Gasteiger partial charge in [0.25, 0.3) is 0 Å². The number of carbonyl (C=O) groups excluding carboxylic acids is 2. The number of anilines is 1. The molecule has 9 nitrogen and oxygen atoms in total. The predicted molar refractivity (Wildman–Crippen MR) is 198 cm³/mol. The van der Waals surface area contributed by atoms with E-state index in [1.807, 2.05) is 96.9 Å². The lowest BCUT2D eigenvalue weighted by molar-refractivity contribution is -0.179. The SMILES string of the molecule is CN(CC#Cc1ccc2c(c1)[C@]1(C(=O)N2)[C@H](C(=O)O)[C@H]2C(=O)O[C@H](c3ccccc3)[C@H](c3ccccc3)N2[C@@H]1c1ccc(O)cc1)Cc1ccccc1. The number of phenols is 1. The maximum atomic E-state index is 14.8. The number of amides is 1. The van der Waals surface area contributed by atoms with Crippen molar-refractivity contribution in [2.24, 2.45) is 5.92 Å². The molecule has 3 aliphatic heterocycles. The van der Waals surface area contributed by atoms with Crippen molar-refractivity contribution < 1.29 is 29.3 Å². The summed E-state index contributed by atoms with van der Waals surface area (Å²) in [5.74, 6) is 2.39. The predicted octanol–water partition coefficient (Wildman–Crippen LogP) is 6.23. The number of fused-ring (bicyclic) bond motifs is 3. The molecule has 3 aliphatic rings. The average Bonchev–Trinajstić information content (AvgIpc) is 3.65. The normalized spacial score (nSPS) is 24.5. The van der Waals surface area contributed by atoms with Crippen LogP contribution in [0.4, 0.5) is 5.69 Å². The Bertz CT molecular complexity index is 2240. The summed E-state index contributed by atoms with van der Waals surface area (Å²) in [6.45, 7) is 1.19. The molecule has 0 saturated carbocycles. The zero-order valence-corrected chi connectivity index (χ0v) is 28.9. The van der Waals surface area contributed by atoms with Gasteiger partial charge in [-0.25, -0.2) is 0 Å². The van der Waals surface area contributed by atoms with Crippen LogP contribution >= 0.6 is 0 Å². The van der Waals surface area contributed by atoms with Crippen LogP contribution in [0.15, 0.2) is 133 Å². The molecule has 0 bridgehead atoms. The standard InChI is InChI=1S/C44H37N3O6/c1-46(27-29-12-5-2-6-13-29)25-11-14-28-19-24-35-34(26-28)44(43(52)45-35)36(41(49)50)38-42(51)53-39(31-17-9-4-10-18-31)37(30-15-7-3-8-16-30)47(38)40(44)32-20-22-33(48)23-21-32/h2-10,12-13,15-24,26,36-40,48H,25,27H2,1H3,(H,45,52)(H,49,50)/t36-,37-,38-,39+,40+,44-/m0/s1. The Kier molecular flexibility index (Phi) is 8.79. The molecule has 264 valence electrons. The Morgan fingerprint density at radius 1 is 0.830 bits per heavy atom. The zero-order chi connectivity index (χ0) is 36.7. The van der Waals surface area contributed by atoms with Crippen LogP contribution in [0.25, 0.3) is 0 Å². The summed E-state index contributed by atoms with van der Waals surface area (Å²) in [5.41, 5.74) is 2.99. The van der Waals surface area contributed by atoms with Crippen molar-refractivity contribution in [3.8, 4) is 17.6 Å². The van der Waals surface area contributed by atoms with Gasteiger partial charge in [0.15, 0.2) is 0 Å². The Hall–Kier alpha value is -6.21. The number of nitrogens with one attached hydrogen (secondary N) is 1. The van der Waals surface area contributed by atoms with Gasteiger partial charge in [0.1, 0.15) is 29.2 Å². The molecule has 5 aromatic carbocycles. The van der Waals surface area contributed by atoms with Gasteiger partial charge in [-0.15, -0.1) is 0 Å². The van der Waals surface area contributed by atoms with E-state index in [4.69, 9.17) is 4.74 Å². The van der Waals surface area contributed by atoms with Gasteiger partial charge in [0.2, 0.25) is 5.91 Å². The van der Waals surface area contributed by atoms with Crippen LogP contribution < -0.4 is 5.32 Å². The molecule has 1 spiro atoms. The largest absolute Gasteiger partial charge is 0.508 e. The van der Waals surface area contributed by atoms with Gasteiger partial charge < -0.3 is 20.3 Å². The fourth-order valence-electron chi connectivity index (χ4n) is 8.53. The van der Waals surface area contributed by atoms with E-state index in [1.54, 1.807) is 24.3 Å². The molecule has 5 aromatic rings. The third-order valence-corrected chi connectivity index (χ3v) is 10.7. The highest BCUT2D eigenvalue weighted by molar-refractivity contribution is 6.11. The highest BCUT2D eigenvalue weighted by Crippen LogP contribution is 2.64. The molecular weight excluding hydrogens is 666 g/mol. The summed E-state index contributed by atoms with van der Waals surface area (Å²) in [6.07, 6.45) is -0.819. The number of aromatic hydroxyl groups is 1. The second-order valence-corrected chi connectivity index (χ2v) is 13.9. The van der Waals surface area contributed by atoms with Gasteiger partial charge in [0, 0.05) is 17.8 Å². The highest BCUT2D eigenvalue weighted by Gasteiger charge is 2.74. The molecular formula is C44H37N3O6. The van der Waals surface area contributed by atoms with Crippen molar-refractivity contribution in [1.29, 1.82) is 0 Å². The van der Waals surface area contributed by atoms with Gasteiger partial charge >= 0.3 is 11.9 Å². The first kappa shape index (κ1) is 33.9. The number of esters is 1. The molecule has 0 unspecified atom stereocenters. The molecule has 2 saturated heterocycles. The van der Waals surface area contributed by atoms with Crippen molar-refractivity contribution in [2.75, 3.05) is 18.9 Å². The molecule has 3 heterocycles. The number of rotatable bonds is 7. The molecule has 8 rings (SSSR count). The van der Waals surface area contributed by atoms with Crippen molar-refractivity contribution in [3.63, 3.8) is 0 Å². The second-order valence-electron chi connectivity index (χ2n) is 13.9. The summed E-state index contributed by atoms with van der Waals surface area (Å²) in [7, 11) is 1.99.